The molecule has 0 saturated carbocycles. The fraction of sp³-hybridized carbons (Fsp3) is 0.500. The van der Waals surface area contributed by atoms with Gasteiger partial charge >= 0.3 is 0 Å². The fourth-order valence-corrected chi connectivity index (χ4v) is 3.12. The van der Waals surface area contributed by atoms with Crippen LogP contribution in [0, 0.1) is 5.92 Å². The molecule has 1 aliphatic heterocycles. The minimum absolute atomic E-state index is 0.255. The lowest BCUT2D eigenvalue weighted by Crippen LogP contribution is -2.17. The summed E-state index contributed by atoms with van der Waals surface area (Å²) in [6, 6.07) is 6.88. The van der Waals surface area contributed by atoms with Crippen molar-refractivity contribution < 1.29 is 10.2 Å². The van der Waals surface area contributed by atoms with Crippen molar-refractivity contribution in [3.8, 4) is 5.75 Å². The Kier molecular flexibility index (Phi) is 3.54. The van der Waals surface area contributed by atoms with Crippen LogP contribution in [0.3, 0.4) is 0 Å². The van der Waals surface area contributed by atoms with Gasteiger partial charge in [0.05, 0.1) is 6.10 Å². The number of aliphatic hydroxyl groups is 1. The molecule has 2 N–H and O–H groups in total. The Balaban J connectivity index is 2.05. The summed E-state index contributed by atoms with van der Waals surface area (Å²) in [6.07, 6.45) is 1.81. The normalized spacial score (nSPS) is 20.1. The molecule has 0 bridgehead atoms. The Morgan fingerprint density at radius 3 is 2.33 bits per heavy atom. The van der Waals surface area contributed by atoms with Gasteiger partial charge in [0, 0.05) is 0 Å². The van der Waals surface area contributed by atoms with E-state index in [1.54, 1.807) is 12.1 Å². The van der Waals surface area contributed by atoms with Gasteiger partial charge < -0.3 is 10.2 Å². The highest BCUT2D eigenvalue weighted by Crippen LogP contribution is 2.33. The summed E-state index contributed by atoms with van der Waals surface area (Å²) < 4.78 is 0. The highest BCUT2D eigenvalue weighted by molar-refractivity contribution is 7.99. The van der Waals surface area contributed by atoms with Crippen molar-refractivity contribution in [1.82, 2.24) is 0 Å². The molecule has 1 saturated heterocycles. The molecule has 1 unspecified atom stereocenters. The zero-order chi connectivity index (χ0) is 10.7. The van der Waals surface area contributed by atoms with Gasteiger partial charge in [-0.2, -0.15) is 11.8 Å². The van der Waals surface area contributed by atoms with Gasteiger partial charge in [-0.1, -0.05) is 12.1 Å². The van der Waals surface area contributed by atoms with E-state index in [9.17, 15) is 5.11 Å². The second kappa shape index (κ2) is 4.90. The summed E-state index contributed by atoms with van der Waals surface area (Å²) in [4.78, 5) is 0. The Morgan fingerprint density at radius 1 is 1.13 bits per heavy atom. The zero-order valence-electron chi connectivity index (χ0n) is 8.60. The molecule has 82 valence electrons. The number of hydrogen-bond acceptors (Lipinski definition) is 3. The van der Waals surface area contributed by atoms with Crippen molar-refractivity contribution in [3.63, 3.8) is 0 Å². The Hall–Kier alpha value is -0.670. The fourth-order valence-electron chi connectivity index (χ4n) is 1.98. The van der Waals surface area contributed by atoms with Crippen LogP contribution in [0.25, 0.3) is 0 Å². The van der Waals surface area contributed by atoms with Gasteiger partial charge in [-0.15, -0.1) is 0 Å². The number of phenolic OH excluding ortho intramolecular Hbond substituents is 1. The van der Waals surface area contributed by atoms with Gasteiger partial charge in [0.1, 0.15) is 5.75 Å². The van der Waals surface area contributed by atoms with Crippen molar-refractivity contribution >= 4 is 11.8 Å². The first-order valence-corrected chi connectivity index (χ1v) is 6.47. The van der Waals surface area contributed by atoms with Crippen LogP contribution >= 0.6 is 11.8 Å². The SMILES string of the molecule is Oc1ccc(C(O)C2CCSCC2)cc1. The van der Waals surface area contributed by atoms with E-state index in [4.69, 9.17) is 5.11 Å². The molecule has 15 heavy (non-hydrogen) atoms. The molecule has 0 radical (unpaired) electrons. The van der Waals surface area contributed by atoms with Crippen LogP contribution in [0.2, 0.25) is 0 Å². The van der Waals surface area contributed by atoms with E-state index < -0.39 is 0 Å². The molecule has 1 heterocycles. The molecule has 1 aromatic carbocycles. The lowest BCUT2D eigenvalue weighted by molar-refractivity contribution is 0.103. The van der Waals surface area contributed by atoms with E-state index in [0.717, 1.165) is 29.9 Å². The van der Waals surface area contributed by atoms with Crippen molar-refractivity contribution in [2.45, 2.75) is 18.9 Å². The summed E-state index contributed by atoms with van der Waals surface area (Å²) >= 11 is 1.96. The van der Waals surface area contributed by atoms with E-state index in [1.807, 2.05) is 23.9 Å². The Bertz CT molecular complexity index is 304. The molecule has 2 rings (SSSR count). The highest BCUT2D eigenvalue weighted by Gasteiger charge is 2.22. The molecule has 0 aromatic heterocycles. The van der Waals surface area contributed by atoms with Crippen LogP contribution < -0.4 is 0 Å². The third kappa shape index (κ3) is 2.67. The van der Waals surface area contributed by atoms with E-state index in [1.165, 1.54) is 0 Å². The quantitative estimate of drug-likeness (QED) is 0.811. The molecule has 1 atom stereocenters. The van der Waals surface area contributed by atoms with Gasteiger partial charge in [-0.05, 0) is 48.0 Å². The summed E-state index contributed by atoms with van der Waals surface area (Å²) in [5.74, 6) is 2.94. The summed E-state index contributed by atoms with van der Waals surface area (Å²) in [7, 11) is 0. The maximum atomic E-state index is 10.1. The second-order valence-corrected chi connectivity index (χ2v) is 5.21. The summed E-state index contributed by atoms with van der Waals surface area (Å²) in [6.45, 7) is 0. The van der Waals surface area contributed by atoms with Crippen molar-refractivity contribution in [3.05, 3.63) is 29.8 Å². The molecule has 1 aliphatic rings. The Morgan fingerprint density at radius 2 is 1.73 bits per heavy atom. The molecule has 0 spiro atoms. The van der Waals surface area contributed by atoms with Crippen LogP contribution in [-0.2, 0) is 0 Å². The first-order chi connectivity index (χ1) is 7.27. The van der Waals surface area contributed by atoms with Gasteiger partial charge in [-0.25, -0.2) is 0 Å². The minimum atomic E-state index is -0.369. The van der Waals surface area contributed by atoms with Crippen LogP contribution in [0.4, 0.5) is 0 Å². The maximum Gasteiger partial charge on any atom is 0.115 e. The number of thioether (sulfide) groups is 1. The van der Waals surface area contributed by atoms with Gasteiger partial charge in [0.25, 0.3) is 0 Å². The van der Waals surface area contributed by atoms with Crippen LogP contribution in [0.15, 0.2) is 24.3 Å². The predicted octanol–water partition coefficient (Wildman–Crippen LogP) is 2.57. The lowest BCUT2D eigenvalue weighted by Gasteiger charge is -2.26. The average Bonchev–Trinajstić information content (AvgIpc) is 2.30. The standard InChI is InChI=1S/C12H16O2S/c13-11-3-1-9(2-4-11)12(14)10-5-7-15-8-6-10/h1-4,10,12-14H,5-8H2. The van der Waals surface area contributed by atoms with Crippen molar-refractivity contribution in [2.24, 2.45) is 5.92 Å². The molecular formula is C12H16O2S. The van der Waals surface area contributed by atoms with Crippen LogP contribution in [0.1, 0.15) is 24.5 Å². The third-order valence-electron chi connectivity index (χ3n) is 2.95. The second-order valence-electron chi connectivity index (χ2n) is 3.99. The molecule has 2 nitrogen and oxygen atoms in total. The summed E-state index contributed by atoms with van der Waals surface area (Å²) in [5.41, 5.74) is 0.921. The van der Waals surface area contributed by atoms with Gasteiger partial charge in [0.2, 0.25) is 0 Å². The van der Waals surface area contributed by atoms with Crippen molar-refractivity contribution in [1.29, 1.82) is 0 Å². The predicted molar refractivity (Wildman–Crippen MR) is 63.1 cm³/mol. The lowest BCUT2D eigenvalue weighted by atomic mass is 9.91. The van der Waals surface area contributed by atoms with E-state index in [2.05, 4.69) is 0 Å². The van der Waals surface area contributed by atoms with Crippen LogP contribution in [-0.4, -0.2) is 21.7 Å². The molecule has 3 heteroatoms. The molecule has 0 aliphatic carbocycles. The van der Waals surface area contributed by atoms with E-state index in [-0.39, 0.29) is 11.9 Å². The average molecular weight is 224 g/mol. The monoisotopic (exact) mass is 224 g/mol. The zero-order valence-corrected chi connectivity index (χ0v) is 9.41. The molecule has 1 fully saturated rings. The maximum absolute atomic E-state index is 10.1. The van der Waals surface area contributed by atoms with E-state index in [0.29, 0.717) is 5.92 Å². The number of aromatic hydroxyl groups is 1. The number of hydrogen-bond donors (Lipinski definition) is 2. The Labute approximate surface area is 94.3 Å². The van der Waals surface area contributed by atoms with Gasteiger partial charge in [0.15, 0.2) is 0 Å². The first-order valence-electron chi connectivity index (χ1n) is 5.32. The minimum Gasteiger partial charge on any atom is -0.508 e. The largest absolute Gasteiger partial charge is 0.508 e. The number of rotatable bonds is 2. The van der Waals surface area contributed by atoms with Gasteiger partial charge in [-0.3, -0.25) is 0 Å². The number of phenols is 1. The molecule has 0 amide bonds. The molecular weight excluding hydrogens is 208 g/mol. The summed E-state index contributed by atoms with van der Waals surface area (Å²) in [5, 5.41) is 19.3. The first kappa shape index (κ1) is 10.8. The van der Waals surface area contributed by atoms with Crippen LogP contribution in [0.5, 0.6) is 5.75 Å². The number of aliphatic hydroxyl groups excluding tert-OH is 1. The van der Waals surface area contributed by atoms with E-state index >= 15 is 0 Å². The topological polar surface area (TPSA) is 40.5 Å². The highest BCUT2D eigenvalue weighted by atomic mass is 32.2. The third-order valence-corrected chi connectivity index (χ3v) is 4.00. The molecule has 1 aromatic rings. The van der Waals surface area contributed by atoms with Crippen molar-refractivity contribution in [2.75, 3.05) is 11.5 Å². The smallest absolute Gasteiger partial charge is 0.115 e. The number of benzene rings is 1.